The van der Waals surface area contributed by atoms with Gasteiger partial charge in [-0.25, -0.2) is 4.79 Å². The van der Waals surface area contributed by atoms with E-state index in [9.17, 15) is 9.59 Å². The van der Waals surface area contributed by atoms with E-state index in [0.29, 0.717) is 11.3 Å². The predicted molar refractivity (Wildman–Crippen MR) is 105 cm³/mol. The van der Waals surface area contributed by atoms with Gasteiger partial charge in [-0.05, 0) is 75.6 Å². The van der Waals surface area contributed by atoms with Crippen LogP contribution in [0.2, 0.25) is 0 Å². The molecule has 0 bridgehead atoms. The first-order valence-corrected chi connectivity index (χ1v) is 9.06. The molecular formula is C22H27NO4. The number of hydrogen-bond acceptors (Lipinski definition) is 4. The van der Waals surface area contributed by atoms with Crippen molar-refractivity contribution < 1.29 is 19.1 Å². The normalized spacial score (nSPS) is 11.8. The zero-order valence-corrected chi connectivity index (χ0v) is 16.5. The highest BCUT2D eigenvalue weighted by molar-refractivity contribution is 5.91. The first kappa shape index (κ1) is 20.5. The molecule has 27 heavy (non-hydrogen) atoms. The van der Waals surface area contributed by atoms with Crippen molar-refractivity contribution in [1.82, 2.24) is 5.32 Å². The maximum atomic E-state index is 12.1. The summed E-state index contributed by atoms with van der Waals surface area (Å²) in [6, 6.07) is 12.6. The van der Waals surface area contributed by atoms with Crippen LogP contribution in [0.25, 0.3) is 0 Å². The summed E-state index contributed by atoms with van der Waals surface area (Å²) < 4.78 is 10.6. The first-order chi connectivity index (χ1) is 12.8. The van der Waals surface area contributed by atoms with Crippen molar-refractivity contribution in [2.75, 3.05) is 6.61 Å². The summed E-state index contributed by atoms with van der Waals surface area (Å²) >= 11 is 0. The molecule has 2 rings (SSSR count). The highest BCUT2D eigenvalue weighted by Crippen LogP contribution is 2.17. The van der Waals surface area contributed by atoms with Gasteiger partial charge < -0.3 is 14.8 Å². The molecule has 2 aromatic carbocycles. The fourth-order valence-electron chi connectivity index (χ4n) is 2.56. The van der Waals surface area contributed by atoms with Gasteiger partial charge in [0.2, 0.25) is 0 Å². The molecule has 0 fully saturated rings. The van der Waals surface area contributed by atoms with Crippen LogP contribution < -0.4 is 10.1 Å². The van der Waals surface area contributed by atoms with E-state index < -0.39 is 5.97 Å². The van der Waals surface area contributed by atoms with E-state index in [0.717, 1.165) is 5.56 Å². The third-order valence-corrected chi connectivity index (χ3v) is 4.20. The van der Waals surface area contributed by atoms with Gasteiger partial charge in [0.15, 0.2) is 6.61 Å². The van der Waals surface area contributed by atoms with Crippen molar-refractivity contribution in [3.8, 4) is 5.75 Å². The Morgan fingerprint density at radius 1 is 0.963 bits per heavy atom. The summed E-state index contributed by atoms with van der Waals surface area (Å²) in [5.74, 6) is -0.199. The van der Waals surface area contributed by atoms with Crippen LogP contribution >= 0.6 is 0 Å². The molecule has 0 saturated heterocycles. The van der Waals surface area contributed by atoms with Crippen LogP contribution in [-0.4, -0.2) is 24.6 Å². The number of esters is 1. The van der Waals surface area contributed by atoms with E-state index >= 15 is 0 Å². The van der Waals surface area contributed by atoms with Gasteiger partial charge >= 0.3 is 5.97 Å². The highest BCUT2D eigenvalue weighted by atomic mass is 16.5. The standard InChI is InChI=1S/C22H27NO4/c1-14(2)27-20-10-8-18(9-11-20)22(25)26-13-21(24)23-17(5)19-7-6-15(3)16(4)12-19/h6-12,14,17H,13H2,1-5H3,(H,23,24)/t17-/m0/s1. The number of carbonyl (C=O) groups excluding carboxylic acids is 2. The first-order valence-electron chi connectivity index (χ1n) is 9.06. The topological polar surface area (TPSA) is 64.6 Å². The SMILES string of the molecule is Cc1ccc([C@H](C)NC(=O)COC(=O)c2ccc(OC(C)C)cc2)cc1C. The number of ether oxygens (including phenoxy) is 2. The third kappa shape index (κ3) is 6.13. The molecule has 0 radical (unpaired) electrons. The summed E-state index contributed by atoms with van der Waals surface area (Å²) in [5.41, 5.74) is 3.76. The Kier molecular flexibility index (Phi) is 6.99. The Morgan fingerprint density at radius 2 is 1.63 bits per heavy atom. The van der Waals surface area contributed by atoms with Crippen LogP contribution in [0.1, 0.15) is 53.9 Å². The maximum Gasteiger partial charge on any atom is 0.338 e. The second-order valence-electron chi connectivity index (χ2n) is 6.90. The monoisotopic (exact) mass is 369 g/mol. The molecule has 1 atom stereocenters. The lowest BCUT2D eigenvalue weighted by Gasteiger charge is -2.16. The lowest BCUT2D eigenvalue weighted by atomic mass is 10.0. The van der Waals surface area contributed by atoms with Gasteiger partial charge in [-0.3, -0.25) is 4.79 Å². The van der Waals surface area contributed by atoms with Crippen LogP contribution in [0.4, 0.5) is 0 Å². The van der Waals surface area contributed by atoms with Crippen molar-refractivity contribution in [2.45, 2.75) is 46.8 Å². The molecule has 0 unspecified atom stereocenters. The minimum absolute atomic E-state index is 0.0609. The van der Waals surface area contributed by atoms with Crippen molar-refractivity contribution >= 4 is 11.9 Å². The van der Waals surface area contributed by atoms with Crippen LogP contribution in [-0.2, 0) is 9.53 Å². The number of rotatable bonds is 7. The van der Waals surface area contributed by atoms with Crippen molar-refractivity contribution in [3.63, 3.8) is 0 Å². The maximum absolute atomic E-state index is 12.1. The van der Waals surface area contributed by atoms with Crippen LogP contribution in [0, 0.1) is 13.8 Å². The third-order valence-electron chi connectivity index (χ3n) is 4.20. The van der Waals surface area contributed by atoms with E-state index in [1.165, 1.54) is 11.1 Å². The van der Waals surface area contributed by atoms with E-state index in [4.69, 9.17) is 9.47 Å². The van der Waals surface area contributed by atoms with E-state index in [2.05, 4.69) is 5.32 Å². The Balaban J connectivity index is 1.85. The Morgan fingerprint density at radius 3 is 2.22 bits per heavy atom. The molecule has 144 valence electrons. The molecule has 1 N–H and O–H groups in total. The summed E-state index contributed by atoms with van der Waals surface area (Å²) in [7, 11) is 0. The highest BCUT2D eigenvalue weighted by Gasteiger charge is 2.14. The minimum atomic E-state index is -0.542. The zero-order chi connectivity index (χ0) is 20.0. The van der Waals surface area contributed by atoms with Crippen molar-refractivity contribution in [1.29, 1.82) is 0 Å². The Hall–Kier alpha value is -2.82. The molecule has 0 spiro atoms. The van der Waals surface area contributed by atoms with Gasteiger partial charge in [0.25, 0.3) is 5.91 Å². The van der Waals surface area contributed by atoms with Crippen molar-refractivity contribution in [2.24, 2.45) is 0 Å². The number of benzene rings is 2. The van der Waals surface area contributed by atoms with Gasteiger partial charge in [-0.15, -0.1) is 0 Å². The largest absolute Gasteiger partial charge is 0.491 e. The zero-order valence-electron chi connectivity index (χ0n) is 16.5. The molecule has 0 heterocycles. The molecule has 0 aromatic heterocycles. The number of carbonyl (C=O) groups is 2. The molecule has 0 aliphatic heterocycles. The number of amides is 1. The lowest BCUT2D eigenvalue weighted by molar-refractivity contribution is -0.124. The molecule has 0 aliphatic rings. The second kappa shape index (κ2) is 9.21. The molecular weight excluding hydrogens is 342 g/mol. The average Bonchev–Trinajstić information content (AvgIpc) is 2.62. The van der Waals surface area contributed by atoms with Crippen molar-refractivity contribution in [3.05, 3.63) is 64.7 Å². The molecule has 0 aliphatic carbocycles. The number of hydrogen-bond donors (Lipinski definition) is 1. The molecule has 2 aromatic rings. The average molecular weight is 369 g/mol. The van der Waals surface area contributed by atoms with Gasteiger partial charge in [0, 0.05) is 0 Å². The van der Waals surface area contributed by atoms with Gasteiger partial charge in [-0.1, -0.05) is 18.2 Å². The molecule has 1 amide bonds. The number of nitrogens with one attached hydrogen (secondary N) is 1. The quantitative estimate of drug-likeness (QED) is 0.746. The fourth-order valence-corrected chi connectivity index (χ4v) is 2.56. The Labute approximate surface area is 160 Å². The Bertz CT molecular complexity index is 796. The molecule has 0 saturated carbocycles. The summed E-state index contributed by atoms with van der Waals surface area (Å²) in [6.45, 7) is 9.52. The minimum Gasteiger partial charge on any atom is -0.491 e. The number of aryl methyl sites for hydroxylation is 2. The van der Waals surface area contributed by atoms with E-state index in [1.807, 2.05) is 52.8 Å². The van der Waals surface area contributed by atoms with Gasteiger partial charge in [0.1, 0.15) is 5.75 Å². The van der Waals surface area contributed by atoms with Crippen LogP contribution in [0.5, 0.6) is 5.75 Å². The van der Waals surface area contributed by atoms with E-state index in [1.54, 1.807) is 24.3 Å². The smallest absolute Gasteiger partial charge is 0.338 e. The summed E-state index contributed by atoms with van der Waals surface area (Å²) in [4.78, 5) is 24.2. The second-order valence-corrected chi connectivity index (χ2v) is 6.90. The lowest BCUT2D eigenvalue weighted by Crippen LogP contribution is -2.31. The predicted octanol–water partition coefficient (Wildman–Crippen LogP) is 4.12. The molecule has 5 nitrogen and oxygen atoms in total. The molecule has 5 heteroatoms. The fraction of sp³-hybridized carbons (Fsp3) is 0.364. The summed E-state index contributed by atoms with van der Waals surface area (Å²) in [5, 5.41) is 2.84. The van der Waals surface area contributed by atoms with E-state index in [-0.39, 0.29) is 24.7 Å². The van der Waals surface area contributed by atoms with Gasteiger partial charge in [0.05, 0.1) is 17.7 Å². The van der Waals surface area contributed by atoms with Crippen LogP contribution in [0.15, 0.2) is 42.5 Å². The summed E-state index contributed by atoms with van der Waals surface area (Å²) in [6.07, 6.45) is 0.0609. The van der Waals surface area contributed by atoms with Gasteiger partial charge in [-0.2, -0.15) is 0 Å². The van der Waals surface area contributed by atoms with Crippen LogP contribution in [0.3, 0.4) is 0 Å².